The summed E-state index contributed by atoms with van der Waals surface area (Å²) in [7, 11) is 0. The zero-order valence-electron chi connectivity index (χ0n) is 17.4. The van der Waals surface area contributed by atoms with E-state index in [2.05, 4.69) is 60.3 Å². The fourth-order valence-electron chi connectivity index (χ4n) is 5.84. The molecule has 3 aromatic heterocycles. The number of imidazole rings is 1. The summed E-state index contributed by atoms with van der Waals surface area (Å²) < 4.78 is 4.29. The number of likely N-dealkylation sites (tertiary alicyclic amines) is 2. The molecule has 0 amide bonds. The van der Waals surface area contributed by atoms with Gasteiger partial charge < -0.3 is 8.97 Å². The lowest BCUT2D eigenvalue weighted by molar-refractivity contribution is 0.111. The first-order valence-electron chi connectivity index (χ1n) is 11.3. The summed E-state index contributed by atoms with van der Waals surface area (Å²) in [4.78, 5) is 22.8. The SMILES string of the molecule is O=c1c(CN2CCCC2)ccc2n1C[C@H]1C[C@@H]2CN(Cc2ncc3ccccn23)C1. The summed E-state index contributed by atoms with van der Waals surface area (Å²) in [5.41, 5.74) is 3.61. The number of hydrogen-bond acceptors (Lipinski definition) is 4. The highest BCUT2D eigenvalue weighted by atomic mass is 16.1. The van der Waals surface area contributed by atoms with Gasteiger partial charge in [0.25, 0.3) is 5.56 Å². The van der Waals surface area contributed by atoms with E-state index in [0.29, 0.717) is 11.8 Å². The Labute approximate surface area is 176 Å². The summed E-state index contributed by atoms with van der Waals surface area (Å²) in [5, 5.41) is 0. The van der Waals surface area contributed by atoms with E-state index in [4.69, 9.17) is 0 Å². The van der Waals surface area contributed by atoms with Crippen LogP contribution >= 0.6 is 0 Å². The van der Waals surface area contributed by atoms with Crippen molar-refractivity contribution in [3.8, 4) is 0 Å². The highest BCUT2D eigenvalue weighted by Crippen LogP contribution is 2.35. The molecule has 6 nitrogen and oxygen atoms in total. The minimum Gasteiger partial charge on any atom is -0.312 e. The lowest BCUT2D eigenvalue weighted by atomic mass is 9.83. The van der Waals surface area contributed by atoms with E-state index in [0.717, 1.165) is 62.7 Å². The van der Waals surface area contributed by atoms with Crippen molar-refractivity contribution in [2.24, 2.45) is 5.92 Å². The smallest absolute Gasteiger partial charge is 0.255 e. The van der Waals surface area contributed by atoms with Crippen LogP contribution in [0.3, 0.4) is 0 Å². The molecule has 2 fully saturated rings. The monoisotopic (exact) mass is 403 g/mol. The zero-order chi connectivity index (χ0) is 20.1. The van der Waals surface area contributed by atoms with Gasteiger partial charge in [-0.1, -0.05) is 12.1 Å². The number of pyridine rings is 2. The van der Waals surface area contributed by atoms with Crippen molar-refractivity contribution in [2.75, 3.05) is 26.2 Å². The van der Waals surface area contributed by atoms with Gasteiger partial charge in [-0.3, -0.25) is 14.6 Å². The Balaban J connectivity index is 1.23. The van der Waals surface area contributed by atoms with Crippen LogP contribution in [0.5, 0.6) is 0 Å². The molecule has 3 aromatic rings. The van der Waals surface area contributed by atoms with Crippen LogP contribution in [0.1, 0.15) is 42.3 Å². The molecule has 2 atom stereocenters. The highest BCUT2D eigenvalue weighted by molar-refractivity contribution is 5.45. The topological polar surface area (TPSA) is 45.8 Å². The third-order valence-electron chi connectivity index (χ3n) is 7.23. The molecule has 0 N–H and O–H groups in total. The molecule has 2 saturated heterocycles. The molecule has 3 aliphatic rings. The standard InChI is InChI=1S/C24H29N5O/c30-24-19(15-26-8-3-4-9-26)6-7-22-20-11-18(14-29(22)24)13-27(16-20)17-23-25-12-21-5-1-2-10-28(21)23/h1-2,5-7,10,12,18,20H,3-4,8-9,11,13-17H2/t18-,20+/m0/s1. The number of hydrogen-bond donors (Lipinski definition) is 0. The van der Waals surface area contributed by atoms with Gasteiger partial charge in [-0.15, -0.1) is 0 Å². The fraction of sp³-hybridized carbons (Fsp3) is 0.500. The average molecular weight is 404 g/mol. The van der Waals surface area contributed by atoms with Gasteiger partial charge in [0, 0.05) is 49.6 Å². The number of fused-ring (bicyclic) bond motifs is 5. The van der Waals surface area contributed by atoms with E-state index in [1.165, 1.54) is 25.0 Å². The Hall–Kier alpha value is -2.44. The van der Waals surface area contributed by atoms with Crippen LogP contribution in [0.25, 0.3) is 5.52 Å². The third-order valence-corrected chi connectivity index (χ3v) is 7.23. The second kappa shape index (κ2) is 7.36. The van der Waals surface area contributed by atoms with Crippen LogP contribution in [0, 0.1) is 5.92 Å². The van der Waals surface area contributed by atoms with Crippen molar-refractivity contribution >= 4 is 5.52 Å². The molecule has 0 unspecified atom stereocenters. The maximum atomic E-state index is 13.2. The number of rotatable bonds is 4. The third kappa shape index (κ3) is 3.19. The van der Waals surface area contributed by atoms with E-state index in [1.807, 2.05) is 6.20 Å². The number of nitrogens with zero attached hydrogens (tertiary/aromatic N) is 5. The number of aromatic nitrogens is 3. The van der Waals surface area contributed by atoms with E-state index in [-0.39, 0.29) is 5.56 Å². The van der Waals surface area contributed by atoms with E-state index < -0.39 is 0 Å². The maximum Gasteiger partial charge on any atom is 0.255 e. The second-order valence-electron chi connectivity index (χ2n) is 9.35. The molecular formula is C24H29N5O. The summed E-state index contributed by atoms with van der Waals surface area (Å²) in [6.45, 7) is 6.84. The Morgan fingerprint density at radius 2 is 1.87 bits per heavy atom. The molecule has 156 valence electrons. The molecule has 6 heterocycles. The van der Waals surface area contributed by atoms with Gasteiger partial charge in [0.2, 0.25) is 0 Å². The normalized spacial score (nSPS) is 24.4. The Kier molecular flexibility index (Phi) is 4.50. The molecule has 0 saturated carbocycles. The van der Waals surface area contributed by atoms with Crippen molar-refractivity contribution in [2.45, 2.75) is 44.8 Å². The fourth-order valence-corrected chi connectivity index (χ4v) is 5.84. The van der Waals surface area contributed by atoms with Crippen LogP contribution in [0.4, 0.5) is 0 Å². The van der Waals surface area contributed by atoms with Crippen LogP contribution in [-0.4, -0.2) is 49.9 Å². The van der Waals surface area contributed by atoms with Crippen molar-refractivity contribution in [1.29, 1.82) is 0 Å². The van der Waals surface area contributed by atoms with Gasteiger partial charge in [-0.2, -0.15) is 0 Å². The highest BCUT2D eigenvalue weighted by Gasteiger charge is 2.35. The maximum absolute atomic E-state index is 13.2. The predicted octanol–water partition coefficient (Wildman–Crippen LogP) is 2.71. The molecule has 30 heavy (non-hydrogen) atoms. The van der Waals surface area contributed by atoms with Crippen molar-refractivity contribution in [3.63, 3.8) is 0 Å². The van der Waals surface area contributed by atoms with E-state index in [1.54, 1.807) is 0 Å². The largest absolute Gasteiger partial charge is 0.312 e. The van der Waals surface area contributed by atoms with Crippen molar-refractivity contribution in [3.05, 3.63) is 70.2 Å². The Morgan fingerprint density at radius 1 is 0.967 bits per heavy atom. The molecule has 6 heteroatoms. The molecule has 0 radical (unpaired) electrons. The molecule has 6 rings (SSSR count). The van der Waals surface area contributed by atoms with Crippen molar-refractivity contribution < 1.29 is 0 Å². The van der Waals surface area contributed by atoms with Gasteiger partial charge >= 0.3 is 0 Å². The summed E-state index contributed by atoms with van der Waals surface area (Å²) in [5.74, 6) is 2.09. The van der Waals surface area contributed by atoms with E-state index >= 15 is 0 Å². The molecule has 0 spiro atoms. The molecule has 0 aromatic carbocycles. The van der Waals surface area contributed by atoms with Crippen LogP contribution in [-0.2, 0) is 19.6 Å². The van der Waals surface area contributed by atoms with E-state index in [9.17, 15) is 4.79 Å². The first kappa shape index (κ1) is 18.3. The molecule has 0 aliphatic carbocycles. The minimum atomic E-state index is 0.252. The second-order valence-corrected chi connectivity index (χ2v) is 9.35. The average Bonchev–Trinajstić information content (AvgIpc) is 3.41. The summed E-state index contributed by atoms with van der Waals surface area (Å²) in [6.07, 6.45) is 7.77. The Morgan fingerprint density at radius 3 is 2.77 bits per heavy atom. The predicted molar refractivity (Wildman–Crippen MR) is 117 cm³/mol. The molecule has 2 bridgehead atoms. The van der Waals surface area contributed by atoms with Gasteiger partial charge in [0.05, 0.1) is 18.3 Å². The lowest BCUT2D eigenvalue weighted by Gasteiger charge is -2.42. The molecule has 3 aliphatic heterocycles. The summed E-state index contributed by atoms with van der Waals surface area (Å²) in [6, 6.07) is 10.6. The lowest BCUT2D eigenvalue weighted by Crippen LogP contribution is -2.47. The van der Waals surface area contributed by atoms with Gasteiger partial charge in [0.1, 0.15) is 5.82 Å². The number of piperidine rings is 1. The first-order chi connectivity index (χ1) is 14.7. The first-order valence-corrected chi connectivity index (χ1v) is 11.3. The van der Waals surface area contributed by atoms with Gasteiger partial charge in [0.15, 0.2) is 0 Å². The van der Waals surface area contributed by atoms with Crippen LogP contribution < -0.4 is 5.56 Å². The molecular weight excluding hydrogens is 374 g/mol. The van der Waals surface area contributed by atoms with Crippen LogP contribution in [0.2, 0.25) is 0 Å². The minimum absolute atomic E-state index is 0.252. The summed E-state index contributed by atoms with van der Waals surface area (Å²) >= 11 is 0. The zero-order valence-corrected chi connectivity index (χ0v) is 17.4. The van der Waals surface area contributed by atoms with Crippen LogP contribution in [0.15, 0.2) is 47.5 Å². The van der Waals surface area contributed by atoms with Gasteiger partial charge in [-0.25, -0.2) is 4.98 Å². The van der Waals surface area contributed by atoms with Crippen molar-refractivity contribution in [1.82, 2.24) is 23.8 Å². The van der Waals surface area contributed by atoms with Gasteiger partial charge in [-0.05, 0) is 56.5 Å². The Bertz CT molecular complexity index is 1130. The quantitative estimate of drug-likeness (QED) is 0.672.